The number of para-hydroxylation sites is 1. The maximum absolute atomic E-state index is 13.0. The second kappa shape index (κ2) is 19.5. The van der Waals surface area contributed by atoms with Crippen LogP contribution >= 0.6 is 23.4 Å². The average Bonchev–Trinajstić information content (AvgIpc) is 4.12. The molecule has 52 heavy (non-hydrogen) atoms. The fraction of sp³-hybridized carbons (Fsp3) is 0.538. The number of halogens is 1. The van der Waals surface area contributed by atoms with Gasteiger partial charge in [-0.3, -0.25) is 9.78 Å². The zero-order chi connectivity index (χ0) is 37.1. The Bertz CT molecular complexity index is 1590. The van der Waals surface area contributed by atoms with E-state index in [-0.39, 0.29) is 19.3 Å². The predicted octanol–water partition coefficient (Wildman–Crippen LogP) is 4.45. The number of hydrogen-bond acceptors (Lipinski definition) is 11. The summed E-state index contributed by atoms with van der Waals surface area (Å²) in [5, 5.41) is 59.0. The van der Waals surface area contributed by atoms with Crippen molar-refractivity contribution in [2.24, 2.45) is 0 Å². The molecule has 0 spiro atoms. The molecular weight excluding hydrogens is 708 g/mol. The molecule has 0 bridgehead atoms. The quantitative estimate of drug-likeness (QED) is 0.0596. The van der Waals surface area contributed by atoms with Crippen molar-refractivity contribution in [3.05, 3.63) is 77.1 Å². The second-order valence-corrected chi connectivity index (χ2v) is 15.2. The fourth-order valence-electron chi connectivity index (χ4n) is 6.10. The van der Waals surface area contributed by atoms with Crippen LogP contribution in [0, 0.1) is 0 Å². The summed E-state index contributed by atoms with van der Waals surface area (Å²) in [6.07, 6.45) is 3.74. The smallest absolute Gasteiger partial charge is 0.254 e. The number of unbranched alkanes of at least 4 members (excludes halogenated alkanes) is 3. The molecule has 2 aliphatic rings. The van der Waals surface area contributed by atoms with E-state index < -0.39 is 42.5 Å². The van der Waals surface area contributed by atoms with E-state index >= 15 is 0 Å². The van der Waals surface area contributed by atoms with Gasteiger partial charge >= 0.3 is 0 Å². The molecule has 13 heteroatoms. The topological polar surface area (TPSA) is 173 Å². The van der Waals surface area contributed by atoms with Gasteiger partial charge in [-0.2, -0.15) is 0 Å². The molecular formula is C39H51ClN2O9S. The number of thioether (sulfide) groups is 1. The van der Waals surface area contributed by atoms with E-state index in [1.54, 1.807) is 11.8 Å². The molecule has 2 aromatic carbocycles. The van der Waals surface area contributed by atoms with Crippen molar-refractivity contribution in [1.29, 1.82) is 0 Å². The van der Waals surface area contributed by atoms with E-state index in [1.807, 2.05) is 48.8 Å². The van der Waals surface area contributed by atoms with E-state index in [0.29, 0.717) is 37.4 Å². The van der Waals surface area contributed by atoms with Gasteiger partial charge in [-0.25, -0.2) is 0 Å². The SMILES string of the molecule is O=C(C(O)C(O)C(O)C(O)CO)N(CCCCO)CCCCCSc1ccc(Cl)c(COC2(c3cnccc3-c3ccccc3OC3CC3)CC2)c1. The Labute approximate surface area is 314 Å². The van der Waals surface area contributed by atoms with Crippen LogP contribution in [-0.4, -0.2) is 109 Å². The maximum atomic E-state index is 13.0. The van der Waals surface area contributed by atoms with Crippen LogP contribution in [0.4, 0.5) is 0 Å². The second-order valence-electron chi connectivity index (χ2n) is 13.6. The number of aromatic nitrogens is 1. The third-order valence-electron chi connectivity index (χ3n) is 9.53. The molecule has 0 radical (unpaired) electrons. The Kier molecular flexibility index (Phi) is 15.2. The summed E-state index contributed by atoms with van der Waals surface area (Å²) in [5.41, 5.74) is 3.65. The Morgan fingerprint density at radius 2 is 1.69 bits per heavy atom. The first kappa shape index (κ1) is 40.4. The lowest BCUT2D eigenvalue weighted by molar-refractivity contribution is -0.158. The lowest BCUT2D eigenvalue weighted by Gasteiger charge is -2.30. The molecule has 0 aliphatic heterocycles. The lowest BCUT2D eigenvalue weighted by Crippen LogP contribution is -2.53. The number of amides is 1. The molecule has 11 nitrogen and oxygen atoms in total. The van der Waals surface area contributed by atoms with Crippen molar-refractivity contribution in [1.82, 2.24) is 9.88 Å². The Hall–Kier alpha value is -2.78. The number of nitrogens with zero attached hydrogens (tertiary/aromatic N) is 2. The number of benzene rings is 2. The van der Waals surface area contributed by atoms with Crippen LogP contribution in [0.3, 0.4) is 0 Å². The van der Waals surface area contributed by atoms with E-state index in [0.717, 1.165) is 77.2 Å². The van der Waals surface area contributed by atoms with Crippen molar-refractivity contribution in [2.45, 2.75) is 105 Å². The number of carbonyl (C=O) groups is 1. The van der Waals surface area contributed by atoms with Gasteiger partial charge in [0.25, 0.3) is 5.91 Å². The largest absolute Gasteiger partial charge is 0.490 e. The molecule has 0 saturated heterocycles. The van der Waals surface area contributed by atoms with E-state index in [1.165, 1.54) is 4.90 Å². The third-order valence-corrected chi connectivity index (χ3v) is 11.0. The van der Waals surface area contributed by atoms with Gasteiger partial charge in [-0.1, -0.05) is 36.2 Å². The molecule has 4 atom stereocenters. The standard InChI is InChI=1S/C39H51ClN2O9S/c40-32-13-12-28(52-21-7-1-4-18-42(19-5-6-20-43)38(49)37(48)36(47)35(46)33(45)24-44)22-26(32)25-50-39(15-16-39)31-23-41-17-14-29(31)30-8-2-3-9-34(30)51-27-10-11-27/h2-3,8-9,12-14,17,22-23,27,33,35-37,43-48H,1,4-7,10-11,15-16,18-21,24-25H2. The number of ether oxygens (including phenoxy) is 2. The monoisotopic (exact) mass is 758 g/mol. The minimum absolute atomic E-state index is 0.0398. The molecule has 2 fully saturated rings. The highest BCUT2D eigenvalue weighted by atomic mass is 35.5. The van der Waals surface area contributed by atoms with Crippen LogP contribution in [0.5, 0.6) is 5.75 Å². The molecule has 6 N–H and O–H groups in total. The first-order chi connectivity index (χ1) is 25.2. The molecule has 2 aliphatic carbocycles. The summed E-state index contributed by atoms with van der Waals surface area (Å²) >= 11 is 8.35. The molecule has 284 valence electrons. The van der Waals surface area contributed by atoms with Gasteiger partial charge in [0.2, 0.25) is 0 Å². The summed E-state index contributed by atoms with van der Waals surface area (Å²) in [6.45, 7) is 0.0695. The van der Waals surface area contributed by atoms with Gasteiger partial charge in [0, 0.05) is 53.1 Å². The number of hydrogen-bond donors (Lipinski definition) is 6. The summed E-state index contributed by atoms with van der Waals surface area (Å²) in [5.74, 6) is 0.939. The first-order valence-electron chi connectivity index (χ1n) is 18.2. The highest BCUT2D eigenvalue weighted by Crippen LogP contribution is 2.53. The van der Waals surface area contributed by atoms with Gasteiger partial charge in [-0.15, -0.1) is 11.8 Å². The van der Waals surface area contributed by atoms with Gasteiger partial charge < -0.3 is 45.0 Å². The number of aliphatic hydroxyl groups excluding tert-OH is 6. The molecule has 2 saturated carbocycles. The van der Waals surface area contributed by atoms with E-state index in [2.05, 4.69) is 17.1 Å². The van der Waals surface area contributed by atoms with E-state index in [4.69, 9.17) is 26.2 Å². The van der Waals surface area contributed by atoms with Crippen molar-refractivity contribution in [2.75, 3.05) is 32.1 Å². The third kappa shape index (κ3) is 10.9. The van der Waals surface area contributed by atoms with Crippen LogP contribution in [0.1, 0.15) is 68.9 Å². The lowest BCUT2D eigenvalue weighted by atomic mass is 9.96. The van der Waals surface area contributed by atoms with Gasteiger partial charge in [0.15, 0.2) is 6.10 Å². The highest BCUT2D eigenvalue weighted by molar-refractivity contribution is 7.99. The Morgan fingerprint density at radius 3 is 2.40 bits per heavy atom. The molecule has 5 rings (SSSR count). The fourth-order valence-corrected chi connectivity index (χ4v) is 7.24. The first-order valence-corrected chi connectivity index (χ1v) is 19.5. The van der Waals surface area contributed by atoms with Crippen LogP contribution in [0.15, 0.2) is 65.8 Å². The zero-order valence-corrected chi connectivity index (χ0v) is 30.9. The molecule has 1 aromatic heterocycles. The summed E-state index contributed by atoms with van der Waals surface area (Å²) in [7, 11) is 0. The van der Waals surface area contributed by atoms with Gasteiger partial charge in [0.1, 0.15) is 24.1 Å². The van der Waals surface area contributed by atoms with Crippen molar-refractivity contribution < 1.29 is 44.9 Å². The minimum Gasteiger partial charge on any atom is -0.490 e. The van der Waals surface area contributed by atoms with Crippen molar-refractivity contribution >= 4 is 29.3 Å². The maximum Gasteiger partial charge on any atom is 0.254 e. The van der Waals surface area contributed by atoms with Crippen LogP contribution in [0.2, 0.25) is 5.02 Å². The normalized spacial score (nSPS) is 17.3. The van der Waals surface area contributed by atoms with Crippen LogP contribution < -0.4 is 4.74 Å². The minimum atomic E-state index is -1.96. The van der Waals surface area contributed by atoms with Gasteiger partial charge in [-0.05, 0) is 98.6 Å². The summed E-state index contributed by atoms with van der Waals surface area (Å²) in [4.78, 5) is 19.9. The predicted molar refractivity (Wildman–Crippen MR) is 199 cm³/mol. The van der Waals surface area contributed by atoms with Crippen LogP contribution in [-0.2, 0) is 21.7 Å². The highest BCUT2D eigenvalue weighted by Gasteiger charge is 2.48. The summed E-state index contributed by atoms with van der Waals surface area (Å²) < 4.78 is 12.9. The van der Waals surface area contributed by atoms with Crippen LogP contribution in [0.25, 0.3) is 11.1 Å². The Morgan fingerprint density at radius 1 is 0.942 bits per heavy atom. The van der Waals surface area contributed by atoms with Crippen molar-refractivity contribution in [3.63, 3.8) is 0 Å². The number of aliphatic hydroxyl groups is 6. The molecule has 4 unspecified atom stereocenters. The van der Waals surface area contributed by atoms with E-state index in [9.17, 15) is 30.3 Å². The molecule has 1 amide bonds. The number of carbonyl (C=O) groups excluding carboxylic acids is 1. The number of rotatable bonds is 23. The average molecular weight is 759 g/mol. The van der Waals surface area contributed by atoms with Crippen molar-refractivity contribution in [3.8, 4) is 16.9 Å². The molecule has 3 aromatic rings. The van der Waals surface area contributed by atoms with Gasteiger partial charge in [0.05, 0.1) is 24.9 Å². The summed E-state index contributed by atoms with van der Waals surface area (Å²) in [6, 6.07) is 16.2. The number of pyridine rings is 1. The Balaban J connectivity index is 1.12. The molecule has 1 heterocycles. The zero-order valence-electron chi connectivity index (χ0n) is 29.4.